The summed E-state index contributed by atoms with van der Waals surface area (Å²) in [7, 11) is 1.69. The number of fused-ring (bicyclic) bond motifs is 1. The average molecular weight is 398 g/mol. The number of nitrogens with zero attached hydrogens (tertiary/aromatic N) is 1. The van der Waals surface area contributed by atoms with E-state index in [0.29, 0.717) is 32.1 Å². The number of aliphatic hydroxyl groups is 1. The molecule has 0 bridgehead atoms. The van der Waals surface area contributed by atoms with E-state index in [1.165, 1.54) is 5.56 Å². The van der Waals surface area contributed by atoms with Crippen molar-refractivity contribution in [2.24, 2.45) is 4.99 Å². The molecule has 3 N–H and O–H groups in total. The van der Waals surface area contributed by atoms with Gasteiger partial charge in [0.1, 0.15) is 11.4 Å². The number of benzene rings is 2. The maximum atomic E-state index is 11.1. The van der Waals surface area contributed by atoms with Crippen LogP contribution in [-0.2, 0) is 16.8 Å². The predicted molar refractivity (Wildman–Crippen MR) is 117 cm³/mol. The van der Waals surface area contributed by atoms with Crippen LogP contribution < -0.4 is 15.4 Å². The summed E-state index contributed by atoms with van der Waals surface area (Å²) in [6, 6.07) is 15.9. The summed E-state index contributed by atoms with van der Waals surface area (Å²) in [6.07, 6.45) is 2.42. The molecule has 0 heterocycles. The van der Waals surface area contributed by atoms with Crippen LogP contribution in [0.1, 0.15) is 30.9 Å². The standard InChI is InChI=1S/C23H31N3O3/c1-3-24-22(25-17-23(27)13-12-18-8-4-5-11-21(18)23)26-19-9-6-10-20(16-19)29-15-7-14-28-2/h4-6,8-11,16,27H,3,7,12-15,17H2,1-2H3,(H2,24,25,26). The first-order valence-electron chi connectivity index (χ1n) is 10.2. The minimum absolute atomic E-state index is 0.312. The number of aliphatic imine (C=N–C) groups is 1. The highest BCUT2D eigenvalue weighted by molar-refractivity contribution is 5.93. The number of nitrogens with one attached hydrogen (secondary N) is 2. The summed E-state index contributed by atoms with van der Waals surface area (Å²) in [6.45, 7) is 4.35. The zero-order chi connectivity index (χ0) is 20.5. The van der Waals surface area contributed by atoms with E-state index in [-0.39, 0.29) is 0 Å². The Morgan fingerprint density at radius 1 is 1.17 bits per heavy atom. The second-order valence-corrected chi connectivity index (χ2v) is 7.23. The summed E-state index contributed by atoms with van der Waals surface area (Å²) in [5.74, 6) is 1.44. The van der Waals surface area contributed by atoms with Gasteiger partial charge in [0.05, 0.1) is 13.2 Å². The van der Waals surface area contributed by atoms with Gasteiger partial charge in [0.25, 0.3) is 0 Å². The number of guanidine groups is 1. The van der Waals surface area contributed by atoms with Crippen LogP contribution in [-0.4, -0.2) is 44.5 Å². The molecule has 156 valence electrons. The van der Waals surface area contributed by atoms with E-state index in [1.54, 1.807) is 7.11 Å². The van der Waals surface area contributed by atoms with Gasteiger partial charge in [-0.1, -0.05) is 30.3 Å². The third-order valence-corrected chi connectivity index (χ3v) is 5.03. The summed E-state index contributed by atoms with van der Waals surface area (Å²) in [5, 5.41) is 17.7. The molecule has 29 heavy (non-hydrogen) atoms. The van der Waals surface area contributed by atoms with Crippen LogP contribution in [0.4, 0.5) is 5.69 Å². The molecule has 6 heteroatoms. The van der Waals surface area contributed by atoms with Crippen LogP contribution in [0, 0.1) is 0 Å². The van der Waals surface area contributed by atoms with Gasteiger partial charge in [-0.15, -0.1) is 0 Å². The van der Waals surface area contributed by atoms with Gasteiger partial charge in [-0.05, 0) is 43.0 Å². The lowest BCUT2D eigenvalue weighted by Gasteiger charge is -2.22. The van der Waals surface area contributed by atoms with Crippen LogP contribution in [0.2, 0.25) is 0 Å². The second kappa shape index (κ2) is 10.3. The fourth-order valence-corrected chi connectivity index (χ4v) is 3.54. The van der Waals surface area contributed by atoms with E-state index in [4.69, 9.17) is 9.47 Å². The molecule has 6 nitrogen and oxygen atoms in total. The van der Waals surface area contributed by atoms with Gasteiger partial charge in [-0.2, -0.15) is 0 Å². The maximum Gasteiger partial charge on any atom is 0.195 e. The smallest absolute Gasteiger partial charge is 0.195 e. The quantitative estimate of drug-likeness (QED) is 0.344. The second-order valence-electron chi connectivity index (χ2n) is 7.23. The fourth-order valence-electron chi connectivity index (χ4n) is 3.54. The Morgan fingerprint density at radius 2 is 2.03 bits per heavy atom. The zero-order valence-electron chi connectivity index (χ0n) is 17.3. The van der Waals surface area contributed by atoms with Crippen LogP contribution in [0.3, 0.4) is 0 Å². The molecule has 0 radical (unpaired) electrons. The van der Waals surface area contributed by atoms with Crippen molar-refractivity contribution < 1.29 is 14.6 Å². The highest BCUT2D eigenvalue weighted by Gasteiger charge is 2.36. The summed E-state index contributed by atoms with van der Waals surface area (Å²) in [5.41, 5.74) is 2.17. The molecular weight excluding hydrogens is 366 g/mol. The minimum Gasteiger partial charge on any atom is -0.493 e. The van der Waals surface area contributed by atoms with Gasteiger partial charge in [0.2, 0.25) is 0 Å². The van der Waals surface area contributed by atoms with Crippen molar-refractivity contribution in [2.75, 3.05) is 38.7 Å². The SMILES string of the molecule is CCNC(=NCC1(O)CCc2ccccc21)Nc1cccc(OCCCOC)c1. The van der Waals surface area contributed by atoms with Crippen molar-refractivity contribution >= 4 is 11.6 Å². The first kappa shape index (κ1) is 21.1. The van der Waals surface area contributed by atoms with Crippen LogP contribution in [0.25, 0.3) is 0 Å². The van der Waals surface area contributed by atoms with Gasteiger partial charge in [0, 0.05) is 38.4 Å². The predicted octanol–water partition coefficient (Wildman–Crippen LogP) is 3.31. The lowest BCUT2D eigenvalue weighted by Crippen LogP contribution is -2.34. The van der Waals surface area contributed by atoms with Crippen LogP contribution in [0.15, 0.2) is 53.5 Å². The average Bonchev–Trinajstić information content (AvgIpc) is 3.08. The summed E-state index contributed by atoms with van der Waals surface area (Å²) < 4.78 is 10.8. The Labute approximate surface area is 173 Å². The molecule has 1 aliphatic carbocycles. The van der Waals surface area contributed by atoms with E-state index in [0.717, 1.165) is 36.4 Å². The molecule has 0 aliphatic heterocycles. The number of aryl methyl sites for hydroxylation is 1. The monoisotopic (exact) mass is 397 g/mol. The molecule has 0 amide bonds. The Morgan fingerprint density at radius 3 is 2.86 bits per heavy atom. The first-order valence-corrected chi connectivity index (χ1v) is 10.2. The Hall–Kier alpha value is -2.57. The number of hydrogen-bond donors (Lipinski definition) is 3. The van der Waals surface area contributed by atoms with E-state index >= 15 is 0 Å². The van der Waals surface area contributed by atoms with Gasteiger partial charge >= 0.3 is 0 Å². The molecule has 2 aromatic carbocycles. The van der Waals surface area contributed by atoms with Crippen molar-refractivity contribution in [2.45, 2.75) is 31.8 Å². The van der Waals surface area contributed by atoms with Crippen molar-refractivity contribution in [3.8, 4) is 5.75 Å². The van der Waals surface area contributed by atoms with Crippen molar-refractivity contribution in [3.05, 3.63) is 59.7 Å². The zero-order valence-corrected chi connectivity index (χ0v) is 17.3. The molecule has 0 aromatic heterocycles. The molecule has 0 spiro atoms. The Kier molecular flexibility index (Phi) is 7.49. The normalized spacial score (nSPS) is 18.4. The van der Waals surface area contributed by atoms with E-state index in [2.05, 4.69) is 21.7 Å². The van der Waals surface area contributed by atoms with Crippen molar-refractivity contribution in [3.63, 3.8) is 0 Å². The molecule has 0 saturated carbocycles. The number of hydrogen-bond acceptors (Lipinski definition) is 4. The summed E-state index contributed by atoms with van der Waals surface area (Å²) in [4.78, 5) is 4.66. The molecular formula is C23H31N3O3. The topological polar surface area (TPSA) is 75.1 Å². The lowest BCUT2D eigenvalue weighted by molar-refractivity contribution is 0.0486. The highest BCUT2D eigenvalue weighted by Crippen LogP contribution is 2.36. The van der Waals surface area contributed by atoms with Gasteiger partial charge in [-0.3, -0.25) is 0 Å². The van der Waals surface area contributed by atoms with Crippen LogP contribution >= 0.6 is 0 Å². The van der Waals surface area contributed by atoms with E-state index < -0.39 is 5.60 Å². The van der Waals surface area contributed by atoms with Crippen LogP contribution in [0.5, 0.6) is 5.75 Å². The molecule has 2 aromatic rings. The molecule has 1 atom stereocenters. The maximum absolute atomic E-state index is 11.1. The highest BCUT2D eigenvalue weighted by atomic mass is 16.5. The number of anilines is 1. The third kappa shape index (κ3) is 5.71. The van der Waals surface area contributed by atoms with E-state index in [9.17, 15) is 5.11 Å². The molecule has 0 fully saturated rings. The van der Waals surface area contributed by atoms with Gasteiger partial charge in [-0.25, -0.2) is 4.99 Å². The number of ether oxygens (including phenoxy) is 2. The van der Waals surface area contributed by atoms with Gasteiger partial charge < -0.3 is 25.2 Å². The third-order valence-electron chi connectivity index (χ3n) is 5.03. The first-order chi connectivity index (χ1) is 14.1. The Bertz CT molecular complexity index is 825. The molecule has 1 unspecified atom stereocenters. The fraction of sp³-hybridized carbons (Fsp3) is 0.435. The number of methoxy groups -OCH3 is 1. The number of rotatable bonds is 9. The van der Waals surface area contributed by atoms with Gasteiger partial charge in [0.15, 0.2) is 5.96 Å². The van der Waals surface area contributed by atoms with E-state index in [1.807, 2.05) is 49.4 Å². The largest absolute Gasteiger partial charge is 0.493 e. The lowest BCUT2D eigenvalue weighted by atomic mass is 9.96. The molecule has 3 rings (SSSR count). The Balaban J connectivity index is 1.66. The molecule has 0 saturated heterocycles. The molecule has 1 aliphatic rings. The van der Waals surface area contributed by atoms with Crippen molar-refractivity contribution in [1.82, 2.24) is 5.32 Å². The minimum atomic E-state index is -0.911. The summed E-state index contributed by atoms with van der Waals surface area (Å²) >= 11 is 0. The van der Waals surface area contributed by atoms with Crippen molar-refractivity contribution in [1.29, 1.82) is 0 Å².